The molecule has 1 unspecified atom stereocenters. The first-order valence-corrected chi connectivity index (χ1v) is 7.23. The number of benzene rings is 1. The summed E-state index contributed by atoms with van der Waals surface area (Å²) in [5.74, 6) is 2.59. The predicted molar refractivity (Wildman–Crippen MR) is 78.7 cm³/mol. The van der Waals surface area contributed by atoms with Crippen LogP contribution in [0.5, 0.6) is 11.5 Å². The van der Waals surface area contributed by atoms with Gasteiger partial charge in [-0.2, -0.15) is 0 Å². The van der Waals surface area contributed by atoms with E-state index in [9.17, 15) is 0 Å². The summed E-state index contributed by atoms with van der Waals surface area (Å²) < 4.78 is 13.7. The van der Waals surface area contributed by atoms with E-state index in [4.69, 9.17) is 9.47 Å². The van der Waals surface area contributed by atoms with Crippen molar-refractivity contribution < 1.29 is 9.47 Å². The minimum absolute atomic E-state index is 0.180. The molecule has 20 heavy (non-hydrogen) atoms. The lowest BCUT2D eigenvalue weighted by Crippen LogP contribution is -2.21. The second-order valence-electron chi connectivity index (χ2n) is 4.81. The lowest BCUT2D eigenvalue weighted by molar-refractivity contribution is 0.173. The Morgan fingerprint density at radius 3 is 3.05 bits per heavy atom. The largest absolute Gasteiger partial charge is 0.454 e. The molecule has 0 radical (unpaired) electrons. The van der Waals surface area contributed by atoms with E-state index in [0.717, 1.165) is 33.9 Å². The molecule has 0 bridgehead atoms. The van der Waals surface area contributed by atoms with Gasteiger partial charge in [0, 0.05) is 26.0 Å². The zero-order valence-corrected chi connectivity index (χ0v) is 13.0. The monoisotopic (exact) mass is 337 g/mol. The molecule has 106 valence electrons. The van der Waals surface area contributed by atoms with Crippen molar-refractivity contribution in [1.29, 1.82) is 0 Å². The van der Waals surface area contributed by atoms with Gasteiger partial charge in [-0.25, -0.2) is 4.98 Å². The third-order valence-electron chi connectivity index (χ3n) is 3.35. The van der Waals surface area contributed by atoms with Gasteiger partial charge in [0.15, 0.2) is 11.5 Å². The number of hydrogen-bond acceptors (Lipinski definition) is 4. The number of ether oxygens (including phenoxy) is 2. The van der Waals surface area contributed by atoms with Gasteiger partial charge in [-0.15, -0.1) is 0 Å². The fourth-order valence-corrected chi connectivity index (χ4v) is 2.88. The van der Waals surface area contributed by atoms with Crippen LogP contribution in [-0.2, 0) is 13.6 Å². The van der Waals surface area contributed by atoms with Crippen molar-refractivity contribution in [2.45, 2.75) is 19.5 Å². The highest BCUT2D eigenvalue weighted by Gasteiger charge is 2.18. The first kappa shape index (κ1) is 13.5. The van der Waals surface area contributed by atoms with Crippen LogP contribution in [0.1, 0.15) is 24.4 Å². The number of hydrogen-bond donors (Lipinski definition) is 1. The molecule has 2 heterocycles. The van der Waals surface area contributed by atoms with E-state index >= 15 is 0 Å². The van der Waals surface area contributed by atoms with E-state index in [0.29, 0.717) is 0 Å². The Morgan fingerprint density at radius 2 is 2.30 bits per heavy atom. The zero-order valence-electron chi connectivity index (χ0n) is 11.4. The summed E-state index contributed by atoms with van der Waals surface area (Å²) in [5, 5.41) is 3.46. The molecule has 3 rings (SSSR count). The first-order valence-electron chi connectivity index (χ1n) is 6.44. The predicted octanol–water partition coefficient (Wildman–Crippen LogP) is 2.76. The van der Waals surface area contributed by atoms with Crippen molar-refractivity contribution in [2.75, 3.05) is 6.79 Å². The molecule has 0 saturated carbocycles. The SMILES string of the molecule is CC(NCc1cc(Br)c2c(c1)OCO2)c1nccn1C. The van der Waals surface area contributed by atoms with Gasteiger partial charge in [0.25, 0.3) is 0 Å². The highest BCUT2D eigenvalue weighted by atomic mass is 79.9. The second-order valence-corrected chi connectivity index (χ2v) is 5.66. The van der Waals surface area contributed by atoms with Crippen LogP contribution >= 0.6 is 15.9 Å². The van der Waals surface area contributed by atoms with Gasteiger partial charge in [0.05, 0.1) is 10.5 Å². The molecular weight excluding hydrogens is 322 g/mol. The van der Waals surface area contributed by atoms with E-state index in [2.05, 4.69) is 33.2 Å². The summed E-state index contributed by atoms with van der Waals surface area (Å²) in [6.07, 6.45) is 3.76. The van der Waals surface area contributed by atoms with Crippen molar-refractivity contribution >= 4 is 15.9 Å². The maximum Gasteiger partial charge on any atom is 0.231 e. The van der Waals surface area contributed by atoms with Gasteiger partial charge in [0.2, 0.25) is 6.79 Å². The summed E-state index contributed by atoms with van der Waals surface area (Å²) in [6.45, 7) is 3.13. The smallest absolute Gasteiger partial charge is 0.231 e. The molecule has 0 amide bonds. The average Bonchev–Trinajstić information content (AvgIpc) is 3.04. The van der Waals surface area contributed by atoms with Crippen molar-refractivity contribution in [1.82, 2.24) is 14.9 Å². The number of aryl methyl sites for hydroxylation is 1. The molecule has 0 spiro atoms. The van der Waals surface area contributed by atoms with E-state index in [1.807, 2.05) is 36.1 Å². The Bertz CT molecular complexity index is 627. The molecule has 1 atom stereocenters. The minimum Gasteiger partial charge on any atom is -0.454 e. The number of nitrogens with zero attached hydrogens (tertiary/aromatic N) is 2. The highest BCUT2D eigenvalue weighted by Crippen LogP contribution is 2.40. The zero-order chi connectivity index (χ0) is 14.1. The van der Waals surface area contributed by atoms with Gasteiger partial charge < -0.3 is 19.4 Å². The van der Waals surface area contributed by atoms with Crippen molar-refractivity contribution in [2.24, 2.45) is 7.05 Å². The molecule has 1 aliphatic heterocycles. The van der Waals surface area contributed by atoms with Crippen molar-refractivity contribution in [3.63, 3.8) is 0 Å². The first-order chi connectivity index (χ1) is 9.65. The molecule has 1 N–H and O–H groups in total. The van der Waals surface area contributed by atoms with E-state index < -0.39 is 0 Å². The number of fused-ring (bicyclic) bond motifs is 1. The number of aromatic nitrogens is 2. The maximum absolute atomic E-state index is 5.42. The molecule has 5 nitrogen and oxygen atoms in total. The second kappa shape index (κ2) is 5.46. The van der Waals surface area contributed by atoms with Crippen LogP contribution in [0.2, 0.25) is 0 Å². The average molecular weight is 338 g/mol. The van der Waals surface area contributed by atoms with Gasteiger partial charge >= 0.3 is 0 Å². The molecular formula is C14H16BrN3O2. The lowest BCUT2D eigenvalue weighted by Gasteiger charge is -2.14. The number of imidazole rings is 1. The standard InChI is InChI=1S/C14H16BrN3O2/c1-9(14-16-3-4-18(14)2)17-7-10-5-11(15)13-12(6-10)19-8-20-13/h3-6,9,17H,7-8H2,1-2H3. The maximum atomic E-state index is 5.42. The Labute approximate surface area is 126 Å². The summed E-state index contributed by atoms with van der Waals surface area (Å²) >= 11 is 3.51. The van der Waals surface area contributed by atoms with Gasteiger partial charge in [-0.1, -0.05) is 0 Å². The van der Waals surface area contributed by atoms with Crippen LogP contribution in [0.4, 0.5) is 0 Å². The molecule has 0 saturated heterocycles. The fraction of sp³-hybridized carbons (Fsp3) is 0.357. The van der Waals surface area contributed by atoms with E-state index in [1.165, 1.54) is 0 Å². The third-order valence-corrected chi connectivity index (χ3v) is 3.93. The highest BCUT2D eigenvalue weighted by molar-refractivity contribution is 9.10. The quantitative estimate of drug-likeness (QED) is 0.931. The topological polar surface area (TPSA) is 48.3 Å². The summed E-state index contributed by atoms with van der Waals surface area (Å²) in [5.41, 5.74) is 1.14. The number of halogens is 1. The van der Waals surface area contributed by atoms with Gasteiger partial charge in [-0.3, -0.25) is 0 Å². The molecule has 1 aromatic carbocycles. The van der Waals surface area contributed by atoms with Crippen molar-refractivity contribution in [3.05, 3.63) is 40.4 Å². The van der Waals surface area contributed by atoms with E-state index in [-0.39, 0.29) is 12.8 Å². The summed E-state index contributed by atoms with van der Waals surface area (Å²) in [7, 11) is 2.00. The van der Waals surface area contributed by atoms with Gasteiger partial charge in [0.1, 0.15) is 5.82 Å². The van der Waals surface area contributed by atoms with Gasteiger partial charge in [-0.05, 0) is 40.5 Å². The Hall–Kier alpha value is -1.53. The number of nitrogens with one attached hydrogen (secondary N) is 1. The molecule has 6 heteroatoms. The van der Waals surface area contributed by atoms with Crippen LogP contribution in [-0.4, -0.2) is 16.3 Å². The van der Waals surface area contributed by atoms with Crippen LogP contribution in [0.25, 0.3) is 0 Å². The minimum atomic E-state index is 0.180. The lowest BCUT2D eigenvalue weighted by atomic mass is 10.2. The van der Waals surface area contributed by atoms with E-state index in [1.54, 1.807) is 0 Å². The molecule has 2 aromatic rings. The fourth-order valence-electron chi connectivity index (χ4n) is 2.28. The summed E-state index contributed by atoms with van der Waals surface area (Å²) in [4.78, 5) is 4.35. The molecule has 0 fully saturated rings. The van der Waals surface area contributed by atoms with Crippen LogP contribution in [0.15, 0.2) is 29.0 Å². The Kier molecular flexibility index (Phi) is 3.67. The number of rotatable bonds is 4. The Balaban J connectivity index is 1.70. The molecule has 1 aliphatic rings. The van der Waals surface area contributed by atoms with Crippen molar-refractivity contribution in [3.8, 4) is 11.5 Å². The van der Waals surface area contributed by atoms with Crippen LogP contribution in [0.3, 0.4) is 0 Å². The summed E-state index contributed by atoms with van der Waals surface area (Å²) in [6, 6.07) is 4.23. The normalized spacial score (nSPS) is 14.6. The van der Waals surface area contributed by atoms with Crippen LogP contribution < -0.4 is 14.8 Å². The molecule has 1 aromatic heterocycles. The third kappa shape index (κ3) is 2.53. The Morgan fingerprint density at radius 1 is 1.45 bits per heavy atom. The molecule has 0 aliphatic carbocycles. The van der Waals surface area contributed by atoms with Crippen LogP contribution in [0, 0.1) is 0 Å².